The molecule has 23 heavy (non-hydrogen) atoms. The number of carbonyl (C=O) groups is 2. The SMILES string of the molecule is CCc1ccc(C(=O)N2CCCC[C@@H]2C(=O)O)cc1S(C)(=O)=O. The van der Waals surface area contributed by atoms with Crippen LogP contribution in [0.25, 0.3) is 0 Å². The lowest BCUT2D eigenvalue weighted by Gasteiger charge is -2.33. The molecule has 0 aromatic heterocycles. The fourth-order valence-corrected chi connectivity index (χ4v) is 3.95. The Morgan fingerprint density at radius 3 is 2.57 bits per heavy atom. The van der Waals surface area contributed by atoms with E-state index >= 15 is 0 Å². The lowest BCUT2D eigenvalue weighted by atomic mass is 10.0. The smallest absolute Gasteiger partial charge is 0.326 e. The van der Waals surface area contributed by atoms with E-state index in [0.29, 0.717) is 24.9 Å². The van der Waals surface area contributed by atoms with Crippen molar-refractivity contribution in [3.63, 3.8) is 0 Å². The second-order valence-electron chi connectivity index (χ2n) is 5.80. The van der Waals surface area contributed by atoms with Crippen molar-refractivity contribution in [1.82, 2.24) is 4.90 Å². The highest BCUT2D eigenvalue weighted by Gasteiger charge is 2.32. The van der Waals surface area contributed by atoms with Crippen molar-refractivity contribution >= 4 is 21.7 Å². The van der Waals surface area contributed by atoms with Crippen molar-refractivity contribution < 1.29 is 23.1 Å². The van der Waals surface area contributed by atoms with Crippen LogP contribution in [-0.4, -0.2) is 49.1 Å². The number of hydrogen-bond acceptors (Lipinski definition) is 4. The Kier molecular flexibility index (Phi) is 5.09. The Balaban J connectivity index is 2.41. The molecular formula is C16H21NO5S. The van der Waals surface area contributed by atoms with E-state index in [1.807, 2.05) is 6.92 Å². The van der Waals surface area contributed by atoms with Gasteiger partial charge in [0.25, 0.3) is 5.91 Å². The summed E-state index contributed by atoms with van der Waals surface area (Å²) < 4.78 is 23.8. The number of carboxylic acids is 1. The van der Waals surface area contributed by atoms with Crippen LogP contribution in [0.1, 0.15) is 42.1 Å². The van der Waals surface area contributed by atoms with Gasteiger partial charge in [-0.1, -0.05) is 13.0 Å². The van der Waals surface area contributed by atoms with Gasteiger partial charge in [0.2, 0.25) is 0 Å². The minimum atomic E-state index is -3.45. The van der Waals surface area contributed by atoms with Gasteiger partial charge < -0.3 is 10.0 Å². The van der Waals surface area contributed by atoms with Crippen molar-refractivity contribution in [1.29, 1.82) is 0 Å². The molecule has 1 atom stereocenters. The molecule has 6 nitrogen and oxygen atoms in total. The maximum absolute atomic E-state index is 12.7. The van der Waals surface area contributed by atoms with Gasteiger partial charge in [0.15, 0.2) is 9.84 Å². The first-order valence-corrected chi connectivity index (χ1v) is 9.51. The van der Waals surface area contributed by atoms with Crippen molar-refractivity contribution in [2.45, 2.75) is 43.5 Å². The van der Waals surface area contributed by atoms with Crippen LogP contribution in [0.2, 0.25) is 0 Å². The molecule has 1 heterocycles. The van der Waals surface area contributed by atoms with Crippen molar-refractivity contribution in [3.05, 3.63) is 29.3 Å². The highest BCUT2D eigenvalue weighted by molar-refractivity contribution is 7.90. The van der Waals surface area contributed by atoms with E-state index in [-0.39, 0.29) is 10.5 Å². The predicted octanol–water partition coefficient (Wildman–Crippen LogP) is 1.73. The Morgan fingerprint density at radius 1 is 1.30 bits per heavy atom. The molecule has 1 aliphatic rings. The number of sulfone groups is 1. The number of hydrogen-bond donors (Lipinski definition) is 1. The monoisotopic (exact) mass is 339 g/mol. The highest BCUT2D eigenvalue weighted by atomic mass is 32.2. The van der Waals surface area contributed by atoms with Crippen LogP contribution in [0.5, 0.6) is 0 Å². The van der Waals surface area contributed by atoms with Crippen LogP contribution < -0.4 is 0 Å². The Labute approximate surface area is 136 Å². The fourth-order valence-electron chi connectivity index (χ4n) is 2.92. The van der Waals surface area contributed by atoms with Gasteiger partial charge in [-0.3, -0.25) is 4.79 Å². The summed E-state index contributed by atoms with van der Waals surface area (Å²) in [6.45, 7) is 2.22. The standard InChI is InChI=1S/C16H21NO5S/c1-3-11-7-8-12(10-14(11)23(2,21)22)15(18)17-9-5-4-6-13(17)16(19)20/h7-8,10,13H,3-6,9H2,1-2H3,(H,19,20)/t13-/m1/s1. The van der Waals surface area contributed by atoms with Crippen molar-refractivity contribution in [2.75, 3.05) is 12.8 Å². The molecule has 126 valence electrons. The van der Waals surface area contributed by atoms with E-state index in [9.17, 15) is 23.1 Å². The third-order valence-electron chi connectivity index (χ3n) is 4.14. The molecule has 0 unspecified atom stereocenters. The Hall–Kier alpha value is -1.89. The van der Waals surface area contributed by atoms with Crippen LogP contribution in [-0.2, 0) is 21.1 Å². The molecule has 0 spiro atoms. The minimum Gasteiger partial charge on any atom is -0.480 e. The Bertz CT molecular complexity index is 726. The highest BCUT2D eigenvalue weighted by Crippen LogP contribution is 2.23. The van der Waals surface area contributed by atoms with Gasteiger partial charge in [-0.15, -0.1) is 0 Å². The summed E-state index contributed by atoms with van der Waals surface area (Å²) in [4.78, 5) is 25.5. The summed E-state index contributed by atoms with van der Waals surface area (Å²) in [5.41, 5.74) is 0.869. The van der Waals surface area contributed by atoms with Gasteiger partial charge in [-0.25, -0.2) is 13.2 Å². The molecule has 1 aromatic carbocycles. The summed E-state index contributed by atoms with van der Waals surface area (Å²) >= 11 is 0. The molecule has 0 aliphatic carbocycles. The number of aryl methyl sites for hydroxylation is 1. The van der Waals surface area contributed by atoms with Gasteiger partial charge >= 0.3 is 5.97 Å². The quantitative estimate of drug-likeness (QED) is 0.902. The van der Waals surface area contributed by atoms with Gasteiger partial charge in [-0.05, 0) is 43.4 Å². The number of nitrogens with zero attached hydrogens (tertiary/aromatic N) is 1. The number of likely N-dealkylation sites (tertiary alicyclic amines) is 1. The number of carboxylic acid groups (broad SMARTS) is 1. The molecule has 7 heteroatoms. The van der Waals surface area contributed by atoms with E-state index in [0.717, 1.165) is 19.1 Å². The van der Waals surface area contributed by atoms with E-state index < -0.39 is 27.8 Å². The van der Waals surface area contributed by atoms with Crippen LogP contribution in [0.15, 0.2) is 23.1 Å². The zero-order chi connectivity index (χ0) is 17.2. The largest absolute Gasteiger partial charge is 0.480 e. The summed E-state index contributed by atoms with van der Waals surface area (Å²) in [5, 5.41) is 9.28. The normalized spacial score (nSPS) is 18.7. The maximum atomic E-state index is 12.7. The van der Waals surface area contributed by atoms with E-state index in [2.05, 4.69) is 0 Å². The van der Waals surface area contributed by atoms with Crippen LogP contribution in [0, 0.1) is 0 Å². The second-order valence-corrected chi connectivity index (χ2v) is 7.78. The molecule has 1 amide bonds. The molecule has 1 N–H and O–H groups in total. The van der Waals surface area contributed by atoms with Gasteiger partial charge in [-0.2, -0.15) is 0 Å². The molecule has 1 saturated heterocycles. The summed E-state index contributed by atoms with van der Waals surface area (Å²) in [6.07, 6.45) is 3.59. The first-order chi connectivity index (χ1) is 10.8. The number of amides is 1. The summed E-state index contributed by atoms with van der Waals surface area (Å²) in [7, 11) is -3.45. The van der Waals surface area contributed by atoms with Crippen LogP contribution in [0.3, 0.4) is 0 Å². The van der Waals surface area contributed by atoms with Crippen molar-refractivity contribution in [2.24, 2.45) is 0 Å². The van der Waals surface area contributed by atoms with Gasteiger partial charge in [0.1, 0.15) is 6.04 Å². The maximum Gasteiger partial charge on any atom is 0.326 e. The third kappa shape index (κ3) is 3.72. The van der Waals surface area contributed by atoms with Gasteiger partial charge in [0.05, 0.1) is 4.90 Å². The molecule has 0 saturated carbocycles. The third-order valence-corrected chi connectivity index (χ3v) is 5.32. The number of piperidine rings is 1. The van der Waals surface area contributed by atoms with E-state index in [1.54, 1.807) is 12.1 Å². The summed E-state index contributed by atoms with van der Waals surface area (Å²) in [5.74, 6) is -1.45. The minimum absolute atomic E-state index is 0.134. The molecule has 2 rings (SSSR count). The zero-order valence-electron chi connectivity index (χ0n) is 13.3. The lowest BCUT2D eigenvalue weighted by Crippen LogP contribution is -2.48. The number of carbonyl (C=O) groups excluding carboxylic acids is 1. The molecular weight excluding hydrogens is 318 g/mol. The van der Waals surface area contributed by atoms with Crippen LogP contribution >= 0.6 is 0 Å². The molecule has 0 radical (unpaired) electrons. The first-order valence-electron chi connectivity index (χ1n) is 7.62. The molecule has 1 aliphatic heterocycles. The zero-order valence-corrected chi connectivity index (χ0v) is 14.1. The Morgan fingerprint density at radius 2 is 2.00 bits per heavy atom. The average molecular weight is 339 g/mol. The van der Waals surface area contributed by atoms with E-state index in [4.69, 9.17) is 0 Å². The van der Waals surface area contributed by atoms with E-state index in [1.165, 1.54) is 11.0 Å². The second kappa shape index (κ2) is 6.70. The van der Waals surface area contributed by atoms with Gasteiger partial charge in [0, 0.05) is 18.4 Å². The summed E-state index contributed by atoms with van der Waals surface area (Å²) in [6, 6.07) is 3.72. The average Bonchev–Trinajstić information content (AvgIpc) is 2.52. The molecule has 1 fully saturated rings. The predicted molar refractivity (Wildman–Crippen MR) is 85.2 cm³/mol. The topological polar surface area (TPSA) is 91.8 Å². The fraction of sp³-hybridized carbons (Fsp3) is 0.500. The lowest BCUT2D eigenvalue weighted by molar-refractivity contribution is -0.143. The first kappa shape index (κ1) is 17.5. The number of aliphatic carboxylic acids is 1. The number of benzene rings is 1. The molecule has 1 aromatic rings. The number of rotatable bonds is 4. The molecule has 0 bridgehead atoms. The van der Waals surface area contributed by atoms with Crippen molar-refractivity contribution in [3.8, 4) is 0 Å². The van der Waals surface area contributed by atoms with Crippen LogP contribution in [0.4, 0.5) is 0 Å².